The molecule has 2 aromatic rings. The molecule has 0 aliphatic rings. The van der Waals surface area contributed by atoms with Gasteiger partial charge >= 0.3 is 5.69 Å². The van der Waals surface area contributed by atoms with E-state index in [-0.39, 0.29) is 23.1 Å². The van der Waals surface area contributed by atoms with Crippen LogP contribution in [0.5, 0.6) is 5.75 Å². The first-order valence-electron chi connectivity index (χ1n) is 5.35. The molecule has 1 aromatic carbocycles. The fraction of sp³-hybridized carbons (Fsp3) is 0.0833. The Labute approximate surface area is 132 Å². The van der Waals surface area contributed by atoms with E-state index in [4.69, 9.17) is 27.9 Å². The van der Waals surface area contributed by atoms with Crippen molar-refractivity contribution in [2.45, 2.75) is 6.61 Å². The maximum atomic E-state index is 11.0. The third kappa shape index (κ3) is 3.59. The summed E-state index contributed by atoms with van der Waals surface area (Å²) in [5.41, 5.74) is 0.347. The normalized spacial score (nSPS) is 10.3. The minimum Gasteiger partial charge on any atom is -0.480 e. The van der Waals surface area contributed by atoms with Gasteiger partial charge in [0, 0.05) is 11.1 Å². The number of pyridine rings is 1. The summed E-state index contributed by atoms with van der Waals surface area (Å²) in [6.07, 6.45) is 0. The fourth-order valence-electron chi connectivity index (χ4n) is 1.50. The Balaban J connectivity index is 2.27. The molecule has 1 aromatic heterocycles. The summed E-state index contributed by atoms with van der Waals surface area (Å²) in [6.45, 7) is 0.0572. The first kappa shape index (κ1) is 15.0. The Bertz CT molecular complexity index is 667. The van der Waals surface area contributed by atoms with Gasteiger partial charge in [0.15, 0.2) is 0 Å². The predicted octanol–water partition coefficient (Wildman–Crippen LogP) is 4.64. The second kappa shape index (κ2) is 6.39. The lowest BCUT2D eigenvalue weighted by Gasteiger charge is -2.09. The lowest BCUT2D eigenvalue weighted by Crippen LogP contribution is -2.01. The van der Waals surface area contributed by atoms with Crippen molar-refractivity contribution in [1.82, 2.24) is 4.98 Å². The van der Waals surface area contributed by atoms with Gasteiger partial charge < -0.3 is 4.74 Å². The summed E-state index contributed by atoms with van der Waals surface area (Å²) < 4.78 is 5.86. The average Bonchev–Trinajstić information content (AvgIpc) is 2.36. The second-order valence-electron chi connectivity index (χ2n) is 3.73. The standard InChI is InChI=1S/C12H7BrCl2N2O3/c13-9-4-7(14)5-10(17(18)19)12(9)20-6-8-2-1-3-11(15)16-8/h1-5H,6H2. The zero-order valence-corrected chi connectivity index (χ0v) is 12.9. The van der Waals surface area contributed by atoms with Crippen LogP contribution in [-0.2, 0) is 6.61 Å². The molecular formula is C12H7BrCl2N2O3. The quantitative estimate of drug-likeness (QED) is 0.442. The van der Waals surface area contributed by atoms with Crippen molar-refractivity contribution in [1.29, 1.82) is 0 Å². The summed E-state index contributed by atoms with van der Waals surface area (Å²) in [7, 11) is 0. The molecule has 20 heavy (non-hydrogen) atoms. The van der Waals surface area contributed by atoms with Crippen LogP contribution < -0.4 is 4.74 Å². The highest BCUT2D eigenvalue weighted by Crippen LogP contribution is 2.38. The van der Waals surface area contributed by atoms with Crippen LogP contribution >= 0.6 is 39.1 Å². The molecule has 0 bridgehead atoms. The van der Waals surface area contributed by atoms with Crippen LogP contribution in [0, 0.1) is 10.1 Å². The molecule has 1 heterocycles. The van der Waals surface area contributed by atoms with Crippen molar-refractivity contribution in [2.24, 2.45) is 0 Å². The summed E-state index contributed by atoms with van der Waals surface area (Å²) in [4.78, 5) is 14.5. The average molecular weight is 378 g/mol. The van der Waals surface area contributed by atoms with E-state index in [1.807, 2.05) is 0 Å². The lowest BCUT2D eigenvalue weighted by molar-refractivity contribution is -0.386. The van der Waals surface area contributed by atoms with Gasteiger partial charge in [0.05, 0.1) is 15.1 Å². The van der Waals surface area contributed by atoms with Crippen molar-refractivity contribution in [3.63, 3.8) is 0 Å². The van der Waals surface area contributed by atoms with Gasteiger partial charge in [0.2, 0.25) is 5.75 Å². The van der Waals surface area contributed by atoms with Gasteiger partial charge in [-0.1, -0.05) is 29.3 Å². The number of nitro groups is 1. The molecule has 2 rings (SSSR count). The van der Waals surface area contributed by atoms with E-state index in [9.17, 15) is 10.1 Å². The molecule has 8 heteroatoms. The Morgan fingerprint density at radius 1 is 1.35 bits per heavy atom. The zero-order chi connectivity index (χ0) is 14.7. The SMILES string of the molecule is O=[N+]([O-])c1cc(Cl)cc(Br)c1OCc1cccc(Cl)n1. The number of nitro benzene ring substituents is 1. The van der Waals surface area contributed by atoms with Crippen LogP contribution in [0.1, 0.15) is 5.69 Å². The summed E-state index contributed by atoms with van der Waals surface area (Å²) in [5, 5.41) is 11.6. The molecule has 0 fully saturated rings. The molecule has 0 aliphatic heterocycles. The molecule has 5 nitrogen and oxygen atoms in total. The second-order valence-corrected chi connectivity index (χ2v) is 5.41. The van der Waals surface area contributed by atoms with Crippen LogP contribution in [0.4, 0.5) is 5.69 Å². The molecule has 0 saturated heterocycles. The highest BCUT2D eigenvalue weighted by molar-refractivity contribution is 9.10. The minimum atomic E-state index is -0.558. The van der Waals surface area contributed by atoms with Gasteiger partial charge in [-0.15, -0.1) is 0 Å². The number of nitrogens with zero attached hydrogens (tertiary/aromatic N) is 2. The van der Waals surface area contributed by atoms with Crippen molar-refractivity contribution < 1.29 is 9.66 Å². The predicted molar refractivity (Wildman–Crippen MR) is 79.4 cm³/mol. The first-order valence-corrected chi connectivity index (χ1v) is 6.90. The van der Waals surface area contributed by atoms with Gasteiger partial charge in [-0.05, 0) is 34.1 Å². The lowest BCUT2D eigenvalue weighted by atomic mass is 10.3. The van der Waals surface area contributed by atoms with E-state index in [2.05, 4.69) is 20.9 Å². The van der Waals surface area contributed by atoms with Crippen LogP contribution in [0.2, 0.25) is 10.2 Å². The molecule has 0 aliphatic carbocycles. The maximum absolute atomic E-state index is 11.0. The molecular weight excluding hydrogens is 371 g/mol. The molecule has 0 atom stereocenters. The topological polar surface area (TPSA) is 65.3 Å². The van der Waals surface area contributed by atoms with Crippen molar-refractivity contribution in [2.75, 3.05) is 0 Å². The molecule has 0 unspecified atom stereocenters. The monoisotopic (exact) mass is 376 g/mol. The Morgan fingerprint density at radius 3 is 2.75 bits per heavy atom. The molecule has 0 saturated carbocycles. The van der Waals surface area contributed by atoms with Crippen molar-refractivity contribution in [3.05, 3.63) is 60.8 Å². The van der Waals surface area contributed by atoms with Crippen LogP contribution in [0.15, 0.2) is 34.8 Å². The molecule has 0 amide bonds. The molecule has 104 valence electrons. The van der Waals surface area contributed by atoms with Gasteiger partial charge in [-0.2, -0.15) is 0 Å². The minimum absolute atomic E-state index is 0.0572. The largest absolute Gasteiger partial charge is 0.480 e. The molecule has 0 spiro atoms. The third-order valence-electron chi connectivity index (χ3n) is 2.32. The smallest absolute Gasteiger partial charge is 0.313 e. The Kier molecular flexibility index (Phi) is 4.80. The van der Waals surface area contributed by atoms with Gasteiger partial charge in [0.25, 0.3) is 0 Å². The highest BCUT2D eigenvalue weighted by atomic mass is 79.9. The van der Waals surface area contributed by atoms with Crippen molar-refractivity contribution >= 4 is 44.8 Å². The number of hydrogen-bond acceptors (Lipinski definition) is 4. The Morgan fingerprint density at radius 2 is 2.10 bits per heavy atom. The maximum Gasteiger partial charge on any atom is 0.313 e. The van der Waals surface area contributed by atoms with Crippen LogP contribution in [0.25, 0.3) is 0 Å². The fourth-order valence-corrected chi connectivity index (χ4v) is 2.59. The van der Waals surface area contributed by atoms with E-state index in [1.54, 1.807) is 18.2 Å². The Hall–Kier alpha value is -1.37. The van der Waals surface area contributed by atoms with E-state index in [0.717, 1.165) is 0 Å². The highest BCUT2D eigenvalue weighted by Gasteiger charge is 2.20. The number of ether oxygens (including phenoxy) is 1. The van der Waals surface area contributed by atoms with Gasteiger partial charge in [-0.25, -0.2) is 4.98 Å². The molecule has 0 N–H and O–H groups in total. The van der Waals surface area contributed by atoms with Crippen molar-refractivity contribution in [3.8, 4) is 5.75 Å². The van der Waals surface area contributed by atoms with Gasteiger partial charge in [0.1, 0.15) is 11.8 Å². The zero-order valence-electron chi connectivity index (χ0n) is 9.85. The first-order chi connectivity index (χ1) is 9.47. The number of rotatable bonds is 4. The van der Waals surface area contributed by atoms with E-state index < -0.39 is 4.92 Å². The molecule has 0 radical (unpaired) electrons. The summed E-state index contributed by atoms with van der Waals surface area (Å²) >= 11 is 14.7. The number of halogens is 3. The number of aromatic nitrogens is 1. The summed E-state index contributed by atoms with van der Waals surface area (Å²) in [5.74, 6) is 0.0983. The van der Waals surface area contributed by atoms with E-state index in [0.29, 0.717) is 15.3 Å². The van der Waals surface area contributed by atoms with Crippen LogP contribution in [-0.4, -0.2) is 9.91 Å². The number of benzene rings is 1. The number of hydrogen-bond donors (Lipinski definition) is 0. The van der Waals surface area contributed by atoms with E-state index in [1.165, 1.54) is 12.1 Å². The van der Waals surface area contributed by atoms with Gasteiger partial charge in [-0.3, -0.25) is 10.1 Å². The van der Waals surface area contributed by atoms with Crippen LogP contribution in [0.3, 0.4) is 0 Å². The summed E-state index contributed by atoms with van der Waals surface area (Å²) in [6, 6.07) is 7.81. The van der Waals surface area contributed by atoms with E-state index >= 15 is 0 Å². The third-order valence-corrected chi connectivity index (χ3v) is 3.34.